The van der Waals surface area contributed by atoms with Crippen LogP contribution in [0.2, 0.25) is 10.0 Å². The molecule has 2 aromatic rings. The number of nitrogens with one attached hydrogen (secondary N) is 2. The van der Waals surface area contributed by atoms with E-state index in [2.05, 4.69) is 20.5 Å². The Hall–Kier alpha value is -2.72. The minimum absolute atomic E-state index is 0.0502. The van der Waals surface area contributed by atoms with Gasteiger partial charge in [0.15, 0.2) is 5.60 Å². The van der Waals surface area contributed by atoms with Gasteiger partial charge >= 0.3 is 6.18 Å². The molecule has 2 saturated heterocycles. The maximum absolute atomic E-state index is 13.1. The highest BCUT2D eigenvalue weighted by Gasteiger charge is 2.43. The molecule has 1 aromatic heterocycles. The fourth-order valence-electron chi connectivity index (χ4n) is 4.91. The first kappa shape index (κ1) is 27.3. The van der Waals surface area contributed by atoms with Crippen molar-refractivity contribution in [2.45, 2.75) is 75.9 Å². The minimum atomic E-state index is -4.57. The molecule has 2 aliphatic rings. The summed E-state index contributed by atoms with van der Waals surface area (Å²) in [6.45, 7) is 3.35. The zero-order chi connectivity index (χ0) is 27.0. The summed E-state index contributed by atoms with van der Waals surface area (Å²) >= 11 is 12.1. The lowest BCUT2D eigenvalue weighted by Crippen LogP contribution is -2.55. The third kappa shape index (κ3) is 6.78. The second kappa shape index (κ2) is 10.6. The topological polar surface area (TPSA) is 83.6 Å². The largest absolute Gasteiger partial charge is 0.476 e. The molecule has 2 bridgehead atoms. The molecule has 0 radical (unpaired) electrons. The van der Waals surface area contributed by atoms with Crippen LogP contribution in [0.3, 0.4) is 0 Å². The van der Waals surface area contributed by atoms with Gasteiger partial charge < -0.3 is 20.3 Å². The maximum Gasteiger partial charge on any atom is 0.397 e. The summed E-state index contributed by atoms with van der Waals surface area (Å²) in [5.74, 6) is -0.338. The zero-order valence-corrected chi connectivity index (χ0v) is 21.8. The number of amides is 2. The number of rotatable bonds is 7. The van der Waals surface area contributed by atoms with Crippen molar-refractivity contribution in [3.8, 4) is 5.75 Å². The van der Waals surface area contributed by atoms with Gasteiger partial charge in [-0.2, -0.15) is 13.2 Å². The van der Waals surface area contributed by atoms with Crippen molar-refractivity contribution in [3.63, 3.8) is 0 Å². The van der Waals surface area contributed by atoms with Crippen molar-refractivity contribution in [2.75, 3.05) is 10.2 Å². The van der Waals surface area contributed by atoms with Gasteiger partial charge in [0.2, 0.25) is 5.91 Å². The lowest BCUT2D eigenvalue weighted by atomic mass is 9.96. The molecule has 200 valence electrons. The van der Waals surface area contributed by atoms with Crippen LogP contribution in [-0.2, 0) is 9.59 Å². The van der Waals surface area contributed by atoms with Gasteiger partial charge in [0, 0.05) is 23.1 Å². The average Bonchev–Trinajstić information content (AvgIpc) is 3.05. The van der Waals surface area contributed by atoms with Crippen molar-refractivity contribution in [3.05, 3.63) is 46.6 Å². The first-order chi connectivity index (χ1) is 17.3. The molecule has 3 heterocycles. The molecule has 1 aromatic carbocycles. The highest BCUT2D eigenvalue weighted by Crippen LogP contribution is 2.39. The number of nitrogens with zero attached hydrogens (tertiary/aromatic N) is 2. The number of hydrogen-bond donors (Lipinski definition) is 2. The van der Waals surface area contributed by atoms with Gasteiger partial charge in [-0.1, -0.05) is 23.2 Å². The number of ether oxygens (including phenoxy) is 1. The van der Waals surface area contributed by atoms with Gasteiger partial charge in [-0.25, -0.2) is 4.98 Å². The van der Waals surface area contributed by atoms with E-state index in [9.17, 15) is 22.8 Å². The van der Waals surface area contributed by atoms with E-state index in [1.54, 1.807) is 44.2 Å². The highest BCUT2D eigenvalue weighted by molar-refractivity contribution is 6.35. The number of halogens is 5. The van der Waals surface area contributed by atoms with Crippen molar-refractivity contribution >= 4 is 46.5 Å². The summed E-state index contributed by atoms with van der Waals surface area (Å²) in [5, 5.41) is 6.12. The number of fused-ring (bicyclic) bond motifs is 2. The maximum atomic E-state index is 13.1. The predicted octanol–water partition coefficient (Wildman–Crippen LogP) is 5.75. The summed E-state index contributed by atoms with van der Waals surface area (Å²) in [6, 6.07) is 8.31. The van der Waals surface area contributed by atoms with Gasteiger partial charge in [0.25, 0.3) is 5.91 Å². The van der Waals surface area contributed by atoms with Crippen LogP contribution in [0.4, 0.5) is 24.7 Å². The number of anilines is 2. The number of benzene rings is 1. The number of hydrogen-bond acceptors (Lipinski definition) is 5. The lowest BCUT2D eigenvalue weighted by molar-refractivity contribution is -0.150. The molecule has 2 N–H and O–H groups in total. The Morgan fingerprint density at radius 2 is 1.78 bits per heavy atom. The van der Waals surface area contributed by atoms with Gasteiger partial charge in [0.05, 0.1) is 16.9 Å². The number of piperidine rings is 1. The Kier molecular flexibility index (Phi) is 7.80. The average molecular weight is 559 g/mol. The first-order valence-corrected chi connectivity index (χ1v) is 12.6. The van der Waals surface area contributed by atoms with E-state index in [4.69, 9.17) is 27.9 Å². The molecule has 2 aliphatic heterocycles. The molecule has 0 saturated carbocycles. The quantitative estimate of drug-likeness (QED) is 0.452. The molecule has 0 aliphatic carbocycles. The van der Waals surface area contributed by atoms with E-state index < -0.39 is 24.1 Å². The van der Waals surface area contributed by atoms with Crippen molar-refractivity contribution < 1.29 is 27.5 Å². The van der Waals surface area contributed by atoms with Crippen LogP contribution in [0.25, 0.3) is 0 Å². The second-order valence-electron chi connectivity index (χ2n) is 9.87. The number of alkyl halides is 3. The smallest absolute Gasteiger partial charge is 0.397 e. The summed E-state index contributed by atoms with van der Waals surface area (Å²) in [4.78, 5) is 31.2. The molecule has 1 unspecified atom stereocenters. The van der Waals surface area contributed by atoms with Crippen LogP contribution < -0.4 is 20.3 Å². The van der Waals surface area contributed by atoms with E-state index >= 15 is 0 Å². The van der Waals surface area contributed by atoms with Crippen LogP contribution in [0.1, 0.15) is 46.0 Å². The van der Waals surface area contributed by atoms with Crippen LogP contribution in [0.15, 0.2) is 36.5 Å². The standard InChI is InChI=1S/C25H27Cl2F3N4O3/c1-24(2,37-20-7-3-14(26)9-19(20)27)23(36)33-16-10-17-5-6-18(11-16)34(17)21-8-4-15(13-31-21)32-22(35)12-25(28,29)30/h3-4,7-9,13,16-18H,5-6,10-12H2,1-2H3,(H,32,35)(H,33,36)/t16?,17-,18+. The van der Waals surface area contributed by atoms with Crippen LogP contribution in [0.5, 0.6) is 5.75 Å². The number of carbonyl (C=O) groups excluding carboxylic acids is 2. The third-order valence-electron chi connectivity index (χ3n) is 6.53. The molecule has 2 amide bonds. The van der Waals surface area contributed by atoms with Gasteiger partial charge in [-0.15, -0.1) is 0 Å². The SMILES string of the molecule is CC(C)(Oc1ccc(Cl)cc1Cl)C(=O)NC1C[C@H]2CC[C@@H](C1)N2c1ccc(NC(=O)CC(F)(F)F)cn1. The summed E-state index contributed by atoms with van der Waals surface area (Å²) in [7, 11) is 0. The summed E-state index contributed by atoms with van der Waals surface area (Å²) in [6.07, 6.45) is -1.46. The Balaban J connectivity index is 1.35. The highest BCUT2D eigenvalue weighted by atomic mass is 35.5. The number of carbonyl (C=O) groups is 2. The Bertz CT molecular complexity index is 1150. The van der Waals surface area contributed by atoms with Gasteiger partial charge in [0.1, 0.15) is 18.0 Å². The summed E-state index contributed by atoms with van der Waals surface area (Å²) < 4.78 is 43.1. The van der Waals surface area contributed by atoms with E-state index in [0.29, 0.717) is 34.5 Å². The Morgan fingerprint density at radius 3 is 2.35 bits per heavy atom. The normalized spacial score (nSPS) is 21.5. The van der Waals surface area contributed by atoms with Crippen molar-refractivity contribution in [2.24, 2.45) is 0 Å². The molecule has 0 spiro atoms. The Labute approximate surface area is 222 Å². The molecular formula is C25H27Cl2F3N4O3. The fraction of sp³-hybridized carbons (Fsp3) is 0.480. The van der Waals surface area contributed by atoms with Crippen LogP contribution in [0, 0.1) is 0 Å². The molecular weight excluding hydrogens is 532 g/mol. The molecule has 12 heteroatoms. The monoisotopic (exact) mass is 558 g/mol. The number of aromatic nitrogens is 1. The minimum Gasteiger partial charge on any atom is -0.476 e. The van der Waals surface area contributed by atoms with Gasteiger partial charge in [-0.05, 0) is 69.9 Å². The number of pyridine rings is 1. The van der Waals surface area contributed by atoms with Gasteiger partial charge in [-0.3, -0.25) is 9.59 Å². The molecule has 2 fully saturated rings. The second-order valence-corrected chi connectivity index (χ2v) is 10.7. The lowest BCUT2D eigenvalue weighted by Gasteiger charge is -2.40. The van der Waals surface area contributed by atoms with Crippen molar-refractivity contribution in [1.29, 1.82) is 0 Å². The van der Waals surface area contributed by atoms with Crippen molar-refractivity contribution in [1.82, 2.24) is 10.3 Å². The molecule has 37 heavy (non-hydrogen) atoms. The predicted molar refractivity (Wildman–Crippen MR) is 135 cm³/mol. The first-order valence-electron chi connectivity index (χ1n) is 11.9. The zero-order valence-electron chi connectivity index (χ0n) is 20.2. The molecule has 4 rings (SSSR count). The van der Waals surface area contributed by atoms with E-state index in [1.165, 1.54) is 6.20 Å². The van der Waals surface area contributed by atoms with E-state index in [1.807, 2.05) is 0 Å². The molecule has 3 atom stereocenters. The van der Waals surface area contributed by atoms with Crippen LogP contribution >= 0.6 is 23.2 Å². The van der Waals surface area contributed by atoms with E-state index in [0.717, 1.165) is 12.8 Å². The Morgan fingerprint density at radius 1 is 1.11 bits per heavy atom. The summed E-state index contributed by atoms with van der Waals surface area (Å²) in [5.41, 5.74) is -0.961. The molecule has 7 nitrogen and oxygen atoms in total. The van der Waals surface area contributed by atoms with Crippen LogP contribution in [-0.4, -0.2) is 46.7 Å². The third-order valence-corrected chi connectivity index (χ3v) is 7.06. The fourth-order valence-corrected chi connectivity index (χ4v) is 5.35. The van der Waals surface area contributed by atoms with E-state index in [-0.39, 0.29) is 29.7 Å².